The number of rotatable bonds is 7. The maximum Gasteiger partial charge on any atom is 0.307 e. The zero-order valence-corrected chi connectivity index (χ0v) is 17.1. The van der Waals surface area contributed by atoms with E-state index in [0.29, 0.717) is 11.3 Å². The third-order valence-electron chi connectivity index (χ3n) is 4.71. The van der Waals surface area contributed by atoms with Crippen molar-refractivity contribution in [3.63, 3.8) is 0 Å². The molecule has 5 heteroatoms. The van der Waals surface area contributed by atoms with Crippen LogP contribution in [0, 0.1) is 27.7 Å². The van der Waals surface area contributed by atoms with Crippen molar-refractivity contribution in [1.82, 2.24) is 0 Å². The lowest BCUT2D eigenvalue weighted by Crippen LogP contribution is -2.30. The molecule has 0 heterocycles. The normalized spacial score (nSPS) is 11.6. The number of aryl methyl sites for hydroxylation is 4. The molecular weight excluding hydrogens is 354 g/mol. The van der Waals surface area contributed by atoms with E-state index in [2.05, 4.69) is 5.32 Å². The van der Waals surface area contributed by atoms with E-state index >= 15 is 0 Å². The summed E-state index contributed by atoms with van der Waals surface area (Å²) in [4.78, 5) is 36.6. The van der Waals surface area contributed by atoms with Gasteiger partial charge in [0.25, 0.3) is 5.91 Å². The molecular formula is C23H27NO4. The van der Waals surface area contributed by atoms with Gasteiger partial charge in [-0.2, -0.15) is 0 Å². The van der Waals surface area contributed by atoms with Gasteiger partial charge in [-0.1, -0.05) is 24.3 Å². The van der Waals surface area contributed by atoms with E-state index in [1.54, 1.807) is 6.07 Å². The molecule has 2 rings (SSSR count). The second-order valence-corrected chi connectivity index (χ2v) is 7.16. The van der Waals surface area contributed by atoms with Crippen LogP contribution < -0.4 is 5.32 Å². The first-order valence-corrected chi connectivity index (χ1v) is 9.35. The highest BCUT2D eigenvalue weighted by Crippen LogP contribution is 2.17. The van der Waals surface area contributed by atoms with Crippen LogP contribution in [0.3, 0.4) is 0 Å². The average Bonchev–Trinajstić information content (AvgIpc) is 2.64. The van der Waals surface area contributed by atoms with Crippen molar-refractivity contribution in [2.75, 3.05) is 5.32 Å². The number of Topliss-reactive ketones (excluding diaryl/α,β-unsaturated/α-hetero) is 1. The average molecular weight is 381 g/mol. The van der Waals surface area contributed by atoms with Crippen molar-refractivity contribution in [2.45, 2.75) is 53.6 Å². The molecule has 28 heavy (non-hydrogen) atoms. The summed E-state index contributed by atoms with van der Waals surface area (Å²) < 4.78 is 5.18. The molecule has 0 aliphatic heterocycles. The van der Waals surface area contributed by atoms with Gasteiger partial charge in [-0.05, 0) is 69.0 Å². The van der Waals surface area contributed by atoms with Gasteiger partial charge in [-0.25, -0.2) is 0 Å². The third kappa shape index (κ3) is 5.78. The van der Waals surface area contributed by atoms with Crippen LogP contribution >= 0.6 is 0 Å². The Labute approximate surface area is 166 Å². The summed E-state index contributed by atoms with van der Waals surface area (Å²) in [5.41, 5.74) is 5.37. The molecule has 0 aromatic heterocycles. The minimum atomic E-state index is -0.941. The summed E-state index contributed by atoms with van der Waals surface area (Å²) in [6.45, 7) is 9.26. The quantitative estimate of drug-likeness (QED) is 0.568. The molecule has 0 fully saturated rings. The minimum absolute atomic E-state index is 0.0483. The molecule has 0 saturated heterocycles. The standard InChI is InChI=1S/C23H27NO4/c1-14-6-7-16(3)20(12-14)24-23(27)18(5)28-22(26)11-10-21(25)19-9-8-15(2)17(4)13-19/h6-9,12-13,18H,10-11H2,1-5H3,(H,24,27). The fourth-order valence-corrected chi connectivity index (χ4v) is 2.69. The fourth-order valence-electron chi connectivity index (χ4n) is 2.69. The first-order chi connectivity index (χ1) is 13.2. The SMILES string of the molecule is Cc1ccc(C)c(NC(=O)C(C)OC(=O)CCC(=O)c2ccc(C)c(C)c2)c1. The monoisotopic (exact) mass is 381 g/mol. The van der Waals surface area contributed by atoms with Gasteiger partial charge in [-0.3, -0.25) is 14.4 Å². The highest BCUT2D eigenvalue weighted by Gasteiger charge is 2.19. The van der Waals surface area contributed by atoms with Crippen LogP contribution in [-0.2, 0) is 14.3 Å². The Morgan fingerprint density at radius 3 is 2.25 bits per heavy atom. The van der Waals surface area contributed by atoms with Crippen molar-refractivity contribution in [1.29, 1.82) is 0 Å². The number of amides is 1. The summed E-state index contributed by atoms with van der Waals surface area (Å²) in [7, 11) is 0. The highest BCUT2D eigenvalue weighted by molar-refractivity contribution is 5.98. The zero-order valence-electron chi connectivity index (χ0n) is 17.1. The third-order valence-corrected chi connectivity index (χ3v) is 4.71. The number of hydrogen-bond donors (Lipinski definition) is 1. The van der Waals surface area contributed by atoms with Crippen molar-refractivity contribution in [3.05, 3.63) is 64.2 Å². The van der Waals surface area contributed by atoms with Crippen molar-refractivity contribution < 1.29 is 19.1 Å². The lowest BCUT2D eigenvalue weighted by atomic mass is 10.0. The molecule has 1 unspecified atom stereocenters. The highest BCUT2D eigenvalue weighted by atomic mass is 16.5. The molecule has 0 aliphatic carbocycles. The van der Waals surface area contributed by atoms with E-state index in [1.807, 2.05) is 58.0 Å². The summed E-state index contributed by atoms with van der Waals surface area (Å²) in [5.74, 6) is -1.09. The van der Waals surface area contributed by atoms with E-state index in [9.17, 15) is 14.4 Å². The van der Waals surface area contributed by atoms with Crippen LogP contribution in [-0.4, -0.2) is 23.8 Å². The van der Waals surface area contributed by atoms with Crippen LogP contribution in [0.25, 0.3) is 0 Å². The Morgan fingerprint density at radius 1 is 0.893 bits per heavy atom. The van der Waals surface area contributed by atoms with E-state index < -0.39 is 18.0 Å². The van der Waals surface area contributed by atoms with Gasteiger partial charge < -0.3 is 10.1 Å². The number of anilines is 1. The number of ketones is 1. The molecule has 2 aromatic carbocycles. The number of carbonyl (C=O) groups is 3. The number of hydrogen-bond acceptors (Lipinski definition) is 4. The first-order valence-electron chi connectivity index (χ1n) is 9.35. The number of nitrogens with one attached hydrogen (secondary N) is 1. The van der Waals surface area contributed by atoms with E-state index in [1.165, 1.54) is 6.92 Å². The zero-order chi connectivity index (χ0) is 20.8. The number of carbonyl (C=O) groups excluding carboxylic acids is 3. The second kappa shape index (κ2) is 9.31. The lowest BCUT2D eigenvalue weighted by Gasteiger charge is -2.15. The summed E-state index contributed by atoms with van der Waals surface area (Å²) in [6, 6.07) is 11.2. The molecule has 0 bridgehead atoms. The number of ether oxygens (including phenoxy) is 1. The van der Waals surface area contributed by atoms with Crippen molar-refractivity contribution in [3.8, 4) is 0 Å². The first kappa shape index (κ1) is 21.4. The van der Waals surface area contributed by atoms with Crippen molar-refractivity contribution >= 4 is 23.3 Å². The molecule has 0 saturated carbocycles. The molecule has 148 valence electrons. The smallest absolute Gasteiger partial charge is 0.307 e. The van der Waals surface area contributed by atoms with Gasteiger partial charge >= 0.3 is 5.97 Å². The Balaban J connectivity index is 1.86. The van der Waals surface area contributed by atoms with E-state index in [-0.39, 0.29) is 18.6 Å². The number of benzene rings is 2. The Bertz CT molecular complexity index is 901. The van der Waals surface area contributed by atoms with Crippen LogP contribution in [0.1, 0.15) is 52.4 Å². The molecule has 1 atom stereocenters. The number of esters is 1. The summed E-state index contributed by atoms with van der Waals surface area (Å²) in [6.07, 6.45) is -0.955. The molecule has 1 N–H and O–H groups in total. The van der Waals surface area contributed by atoms with Crippen LogP contribution in [0.4, 0.5) is 5.69 Å². The van der Waals surface area contributed by atoms with Gasteiger partial charge in [-0.15, -0.1) is 0 Å². The van der Waals surface area contributed by atoms with Gasteiger partial charge in [0.1, 0.15) is 0 Å². The Morgan fingerprint density at radius 2 is 1.57 bits per heavy atom. The summed E-state index contributed by atoms with van der Waals surface area (Å²) >= 11 is 0. The van der Waals surface area contributed by atoms with E-state index in [4.69, 9.17) is 4.74 Å². The maximum atomic E-state index is 12.3. The Kier molecular flexibility index (Phi) is 7.10. The molecule has 1 amide bonds. The van der Waals surface area contributed by atoms with Gasteiger partial charge in [0.2, 0.25) is 0 Å². The van der Waals surface area contributed by atoms with Gasteiger partial charge in [0.05, 0.1) is 6.42 Å². The lowest BCUT2D eigenvalue weighted by molar-refractivity contribution is -0.153. The topological polar surface area (TPSA) is 72.5 Å². The summed E-state index contributed by atoms with van der Waals surface area (Å²) in [5, 5.41) is 2.78. The molecule has 0 spiro atoms. The second-order valence-electron chi connectivity index (χ2n) is 7.16. The fraction of sp³-hybridized carbons (Fsp3) is 0.348. The van der Waals surface area contributed by atoms with Crippen LogP contribution in [0.2, 0.25) is 0 Å². The molecule has 0 aliphatic rings. The predicted molar refractivity (Wildman–Crippen MR) is 110 cm³/mol. The minimum Gasteiger partial charge on any atom is -0.453 e. The van der Waals surface area contributed by atoms with Crippen LogP contribution in [0.15, 0.2) is 36.4 Å². The molecule has 2 aromatic rings. The predicted octanol–water partition coefficient (Wildman–Crippen LogP) is 4.45. The Hall–Kier alpha value is -2.95. The molecule has 0 radical (unpaired) electrons. The van der Waals surface area contributed by atoms with Crippen molar-refractivity contribution in [2.24, 2.45) is 0 Å². The molecule has 5 nitrogen and oxygen atoms in total. The van der Waals surface area contributed by atoms with E-state index in [0.717, 1.165) is 22.3 Å². The largest absolute Gasteiger partial charge is 0.453 e. The maximum absolute atomic E-state index is 12.3. The van der Waals surface area contributed by atoms with Gasteiger partial charge in [0, 0.05) is 17.7 Å². The van der Waals surface area contributed by atoms with Gasteiger partial charge in [0.15, 0.2) is 11.9 Å². The van der Waals surface area contributed by atoms with Crippen LogP contribution in [0.5, 0.6) is 0 Å².